The molecule has 3 rings (SSSR count). The molecule has 0 atom stereocenters. The Labute approximate surface area is 138 Å². The summed E-state index contributed by atoms with van der Waals surface area (Å²) in [5.74, 6) is 5.00. The minimum atomic E-state index is -0.950. The highest BCUT2D eigenvalue weighted by Crippen LogP contribution is 2.29. The third-order valence-electron chi connectivity index (χ3n) is 3.99. The quantitative estimate of drug-likeness (QED) is 0.734. The number of nitrogens with two attached hydrogens (primary N) is 2. The molecule has 5 N–H and O–H groups in total. The van der Waals surface area contributed by atoms with E-state index in [1.807, 2.05) is 12.1 Å². The van der Waals surface area contributed by atoms with Crippen LogP contribution in [0.5, 0.6) is 5.75 Å². The van der Waals surface area contributed by atoms with Crippen LogP contribution in [-0.2, 0) is 6.54 Å². The van der Waals surface area contributed by atoms with Crippen molar-refractivity contribution in [3.05, 3.63) is 64.9 Å². The van der Waals surface area contributed by atoms with Crippen LogP contribution in [-0.4, -0.2) is 13.7 Å². The highest BCUT2D eigenvalue weighted by molar-refractivity contribution is 5.72. The van der Waals surface area contributed by atoms with Crippen LogP contribution in [0.25, 0.3) is 5.70 Å². The Bertz CT molecular complexity index is 790. The van der Waals surface area contributed by atoms with Gasteiger partial charge in [0, 0.05) is 19.2 Å². The van der Waals surface area contributed by atoms with Crippen LogP contribution in [0, 0.1) is 11.6 Å². The zero-order valence-electron chi connectivity index (χ0n) is 13.1. The lowest BCUT2D eigenvalue weighted by Gasteiger charge is -2.23. The van der Waals surface area contributed by atoms with Gasteiger partial charge in [-0.1, -0.05) is 0 Å². The van der Waals surface area contributed by atoms with E-state index < -0.39 is 11.6 Å². The second-order valence-electron chi connectivity index (χ2n) is 5.46. The fourth-order valence-corrected chi connectivity index (χ4v) is 2.65. The van der Waals surface area contributed by atoms with Gasteiger partial charge in [0.05, 0.1) is 24.2 Å². The van der Waals surface area contributed by atoms with E-state index in [-0.39, 0.29) is 0 Å². The van der Waals surface area contributed by atoms with Crippen molar-refractivity contribution in [2.45, 2.75) is 6.54 Å². The molecule has 1 heterocycles. The van der Waals surface area contributed by atoms with Crippen molar-refractivity contribution in [3.8, 4) is 5.75 Å². The molecule has 0 saturated heterocycles. The van der Waals surface area contributed by atoms with Gasteiger partial charge in [0.25, 0.3) is 0 Å². The molecule has 1 aliphatic rings. The van der Waals surface area contributed by atoms with Crippen molar-refractivity contribution >= 4 is 11.4 Å². The van der Waals surface area contributed by atoms with Gasteiger partial charge in [-0.3, -0.25) is 5.01 Å². The maximum absolute atomic E-state index is 13.6. The van der Waals surface area contributed by atoms with Gasteiger partial charge in [0.2, 0.25) is 0 Å². The Kier molecular flexibility index (Phi) is 4.37. The third-order valence-corrected chi connectivity index (χ3v) is 3.99. The van der Waals surface area contributed by atoms with Gasteiger partial charge < -0.3 is 15.8 Å². The molecular formula is C17H18F2N4O. The highest BCUT2D eigenvalue weighted by Gasteiger charge is 2.22. The first-order valence-electron chi connectivity index (χ1n) is 7.37. The Morgan fingerprint density at radius 1 is 1.12 bits per heavy atom. The summed E-state index contributed by atoms with van der Waals surface area (Å²) in [7, 11) is 1.58. The first-order valence-corrected chi connectivity index (χ1v) is 7.37. The number of anilines is 1. The van der Waals surface area contributed by atoms with E-state index in [9.17, 15) is 8.78 Å². The topological polar surface area (TPSA) is 76.5 Å². The number of ether oxygens (including phenoxy) is 1. The molecule has 2 aromatic rings. The lowest BCUT2D eigenvalue weighted by atomic mass is 10.1. The Balaban J connectivity index is 2.04. The first-order chi connectivity index (χ1) is 11.5. The fraction of sp³-hybridized carbons (Fsp3) is 0.176. The van der Waals surface area contributed by atoms with E-state index in [4.69, 9.17) is 16.3 Å². The molecule has 5 nitrogen and oxygen atoms in total. The number of halogens is 2. The van der Waals surface area contributed by atoms with Gasteiger partial charge in [-0.15, -0.1) is 0 Å². The number of benzene rings is 2. The first kappa shape index (κ1) is 16.2. The summed E-state index contributed by atoms with van der Waals surface area (Å²) < 4.78 is 32.2. The number of nitrogens with zero attached hydrogens (tertiary/aromatic N) is 1. The van der Waals surface area contributed by atoms with Gasteiger partial charge >= 0.3 is 0 Å². The molecule has 0 spiro atoms. The fourth-order valence-electron chi connectivity index (χ4n) is 2.65. The molecule has 2 aromatic carbocycles. The third kappa shape index (κ3) is 2.91. The molecule has 0 amide bonds. The van der Waals surface area contributed by atoms with E-state index >= 15 is 0 Å². The van der Waals surface area contributed by atoms with Crippen molar-refractivity contribution in [2.75, 3.05) is 18.7 Å². The van der Waals surface area contributed by atoms with E-state index in [1.54, 1.807) is 19.2 Å². The van der Waals surface area contributed by atoms with E-state index in [1.165, 1.54) is 5.01 Å². The number of rotatable bonds is 2. The minimum absolute atomic E-state index is 0.361. The van der Waals surface area contributed by atoms with Crippen molar-refractivity contribution < 1.29 is 13.5 Å². The van der Waals surface area contributed by atoms with Crippen molar-refractivity contribution in [3.63, 3.8) is 0 Å². The number of hydrogen-bond acceptors (Lipinski definition) is 5. The van der Waals surface area contributed by atoms with Crippen LogP contribution in [0.3, 0.4) is 0 Å². The smallest absolute Gasteiger partial charge is 0.160 e. The summed E-state index contributed by atoms with van der Waals surface area (Å²) in [5.41, 5.74) is 8.98. The molecular weight excluding hydrogens is 314 g/mol. The number of hydrogen-bond donors (Lipinski definition) is 3. The van der Waals surface area contributed by atoms with Gasteiger partial charge in [-0.05, 0) is 41.5 Å². The second kappa shape index (κ2) is 6.46. The SMILES string of the molecule is COc1ccc(/C(N)=C2\CNCc3cc(F)c(F)cc3N2N)cc1. The van der Waals surface area contributed by atoms with Crippen LogP contribution in [0.4, 0.5) is 14.5 Å². The predicted octanol–water partition coefficient (Wildman–Crippen LogP) is 2.08. The molecule has 0 aromatic heterocycles. The lowest BCUT2D eigenvalue weighted by molar-refractivity contribution is 0.415. The molecule has 0 saturated carbocycles. The second-order valence-corrected chi connectivity index (χ2v) is 5.46. The summed E-state index contributed by atoms with van der Waals surface area (Å²) in [5, 5.41) is 4.43. The molecule has 0 fully saturated rings. The van der Waals surface area contributed by atoms with Crippen LogP contribution in [0.15, 0.2) is 42.1 Å². The van der Waals surface area contributed by atoms with E-state index in [0.29, 0.717) is 41.5 Å². The summed E-state index contributed by atoms with van der Waals surface area (Å²) in [6.45, 7) is 0.728. The molecule has 24 heavy (non-hydrogen) atoms. The van der Waals surface area contributed by atoms with Crippen LogP contribution >= 0.6 is 0 Å². The van der Waals surface area contributed by atoms with Crippen LogP contribution in [0.2, 0.25) is 0 Å². The van der Waals surface area contributed by atoms with Crippen molar-refractivity contribution in [1.82, 2.24) is 5.32 Å². The summed E-state index contributed by atoms with van der Waals surface area (Å²) in [4.78, 5) is 0. The summed E-state index contributed by atoms with van der Waals surface area (Å²) in [6, 6.07) is 9.43. The zero-order valence-corrected chi connectivity index (χ0v) is 13.1. The number of hydrazine groups is 1. The number of nitrogens with one attached hydrogen (secondary N) is 1. The number of methoxy groups -OCH3 is 1. The summed E-state index contributed by atoms with van der Waals surface area (Å²) >= 11 is 0. The van der Waals surface area contributed by atoms with E-state index in [0.717, 1.165) is 17.7 Å². The Morgan fingerprint density at radius 2 is 1.79 bits per heavy atom. The largest absolute Gasteiger partial charge is 0.497 e. The average molecular weight is 332 g/mol. The van der Waals surface area contributed by atoms with Gasteiger partial charge in [0.1, 0.15) is 5.75 Å². The standard InChI is InChI=1S/C17H18F2N4O/c1-24-12-4-2-10(3-5-12)17(20)16-9-22-8-11-6-13(18)14(19)7-15(11)23(16)21/h2-7,22H,8-9,20-21H2,1H3/b17-16-. The maximum atomic E-state index is 13.6. The zero-order chi connectivity index (χ0) is 17.3. The Hall–Kier alpha value is -2.64. The van der Waals surface area contributed by atoms with Gasteiger partial charge in [-0.2, -0.15) is 0 Å². The molecule has 0 unspecified atom stereocenters. The highest BCUT2D eigenvalue weighted by atomic mass is 19.2. The van der Waals surface area contributed by atoms with Crippen LogP contribution in [0.1, 0.15) is 11.1 Å². The monoisotopic (exact) mass is 332 g/mol. The molecule has 126 valence electrons. The lowest BCUT2D eigenvalue weighted by Crippen LogP contribution is -2.35. The number of fused-ring (bicyclic) bond motifs is 1. The summed E-state index contributed by atoms with van der Waals surface area (Å²) in [6.07, 6.45) is 0. The molecule has 7 heteroatoms. The van der Waals surface area contributed by atoms with Crippen molar-refractivity contribution in [2.24, 2.45) is 11.6 Å². The molecule has 1 aliphatic heterocycles. The molecule has 0 bridgehead atoms. The van der Waals surface area contributed by atoms with Gasteiger partial charge in [0.15, 0.2) is 11.6 Å². The normalized spacial score (nSPS) is 16.4. The maximum Gasteiger partial charge on any atom is 0.160 e. The van der Waals surface area contributed by atoms with Crippen LogP contribution < -0.4 is 26.6 Å². The molecule has 0 radical (unpaired) electrons. The average Bonchev–Trinajstić information content (AvgIpc) is 2.74. The van der Waals surface area contributed by atoms with E-state index in [2.05, 4.69) is 5.32 Å². The minimum Gasteiger partial charge on any atom is -0.497 e. The molecule has 0 aliphatic carbocycles. The van der Waals surface area contributed by atoms with Gasteiger partial charge in [-0.25, -0.2) is 14.6 Å². The van der Waals surface area contributed by atoms with Crippen molar-refractivity contribution in [1.29, 1.82) is 0 Å². The predicted molar refractivity (Wildman–Crippen MR) is 88.8 cm³/mol. The Morgan fingerprint density at radius 3 is 2.46 bits per heavy atom.